The van der Waals surface area contributed by atoms with Gasteiger partial charge in [-0.05, 0) is 23.6 Å². The number of hydrogen-bond donors (Lipinski definition) is 1. The fourth-order valence-electron chi connectivity index (χ4n) is 1.18. The lowest BCUT2D eigenvalue weighted by Gasteiger charge is -2.12. The minimum Gasteiger partial charge on any atom is -0.495 e. The summed E-state index contributed by atoms with van der Waals surface area (Å²) < 4.78 is 5.12. The van der Waals surface area contributed by atoms with Crippen LogP contribution in [0.15, 0.2) is 17.0 Å². The van der Waals surface area contributed by atoms with Crippen molar-refractivity contribution in [3.63, 3.8) is 0 Å². The molecule has 0 N–H and O–H groups in total. The molecule has 0 aliphatic rings. The summed E-state index contributed by atoms with van der Waals surface area (Å²) in [5.41, 5.74) is 1.16. The average Bonchev–Trinajstić information content (AvgIpc) is 2.03. The van der Waals surface area contributed by atoms with Crippen molar-refractivity contribution >= 4 is 24.2 Å². The normalized spacial score (nSPS) is 10.6. The molecule has 0 spiro atoms. The van der Waals surface area contributed by atoms with Crippen LogP contribution in [0.5, 0.6) is 5.75 Å². The number of benzene rings is 1. The minimum absolute atomic E-state index is 0.429. The Labute approximate surface area is 89.5 Å². The molecule has 0 radical (unpaired) electrons. The first-order valence-corrected chi connectivity index (χ1v) is 4.95. The molecule has 0 aliphatic heterocycles. The summed E-state index contributed by atoms with van der Waals surface area (Å²) in [4.78, 5) is 0.917. The van der Waals surface area contributed by atoms with Crippen LogP contribution in [0, 0.1) is 0 Å². The van der Waals surface area contributed by atoms with Gasteiger partial charge in [-0.2, -0.15) is 0 Å². The van der Waals surface area contributed by atoms with E-state index in [0.717, 1.165) is 10.5 Å². The maximum Gasteiger partial charge on any atom is 0.137 e. The Morgan fingerprint density at radius 3 is 2.46 bits per heavy atom. The van der Waals surface area contributed by atoms with Gasteiger partial charge in [0.2, 0.25) is 0 Å². The second kappa shape index (κ2) is 4.25. The summed E-state index contributed by atoms with van der Waals surface area (Å²) in [6.07, 6.45) is 0. The third-order valence-corrected chi connectivity index (χ3v) is 2.61. The van der Waals surface area contributed by atoms with E-state index >= 15 is 0 Å². The Balaban J connectivity index is 3.22. The van der Waals surface area contributed by atoms with E-state index in [-0.39, 0.29) is 0 Å². The van der Waals surface area contributed by atoms with E-state index in [2.05, 4.69) is 26.5 Å². The van der Waals surface area contributed by atoms with Gasteiger partial charge in [-0.3, -0.25) is 0 Å². The Bertz CT molecular complexity index is 310. The predicted octanol–water partition coefficient (Wildman–Crippen LogP) is 3.76. The highest BCUT2D eigenvalue weighted by atomic mass is 35.5. The van der Waals surface area contributed by atoms with E-state index in [4.69, 9.17) is 16.3 Å². The molecular weight excluding hydrogens is 204 g/mol. The van der Waals surface area contributed by atoms with E-state index in [9.17, 15) is 0 Å². The smallest absolute Gasteiger partial charge is 0.137 e. The molecule has 1 aromatic carbocycles. The Hall–Kier alpha value is -0.340. The zero-order valence-electron chi connectivity index (χ0n) is 7.97. The van der Waals surface area contributed by atoms with Gasteiger partial charge < -0.3 is 4.74 Å². The monoisotopic (exact) mass is 216 g/mol. The summed E-state index contributed by atoms with van der Waals surface area (Å²) in [7, 11) is 1.61. The van der Waals surface area contributed by atoms with Crippen molar-refractivity contribution in [2.24, 2.45) is 0 Å². The lowest BCUT2D eigenvalue weighted by Crippen LogP contribution is -1.92. The molecule has 1 rings (SSSR count). The van der Waals surface area contributed by atoms with Gasteiger partial charge in [-0.1, -0.05) is 25.4 Å². The second-order valence-electron chi connectivity index (χ2n) is 3.20. The molecule has 0 saturated heterocycles. The van der Waals surface area contributed by atoms with Gasteiger partial charge in [0.25, 0.3) is 0 Å². The number of ether oxygens (including phenoxy) is 1. The minimum atomic E-state index is 0.429. The largest absolute Gasteiger partial charge is 0.495 e. The zero-order valence-corrected chi connectivity index (χ0v) is 9.62. The predicted molar refractivity (Wildman–Crippen MR) is 59.3 cm³/mol. The van der Waals surface area contributed by atoms with Gasteiger partial charge in [-0.15, -0.1) is 12.6 Å². The highest BCUT2D eigenvalue weighted by molar-refractivity contribution is 7.80. The molecule has 3 heteroatoms. The van der Waals surface area contributed by atoms with Crippen LogP contribution in [0.2, 0.25) is 5.02 Å². The number of halogens is 1. The molecule has 1 nitrogen and oxygen atoms in total. The van der Waals surface area contributed by atoms with E-state index in [1.807, 2.05) is 12.1 Å². The van der Waals surface area contributed by atoms with Gasteiger partial charge in [0.05, 0.1) is 12.1 Å². The van der Waals surface area contributed by atoms with Crippen LogP contribution in [0.3, 0.4) is 0 Å². The van der Waals surface area contributed by atoms with Gasteiger partial charge in [-0.25, -0.2) is 0 Å². The van der Waals surface area contributed by atoms with E-state index in [0.29, 0.717) is 16.7 Å². The van der Waals surface area contributed by atoms with Gasteiger partial charge in [0.15, 0.2) is 0 Å². The van der Waals surface area contributed by atoms with Gasteiger partial charge >= 0.3 is 0 Å². The van der Waals surface area contributed by atoms with Crippen molar-refractivity contribution in [3.8, 4) is 5.75 Å². The van der Waals surface area contributed by atoms with Crippen LogP contribution in [0.1, 0.15) is 25.3 Å². The van der Waals surface area contributed by atoms with E-state index in [1.54, 1.807) is 7.11 Å². The summed E-state index contributed by atoms with van der Waals surface area (Å²) in [6, 6.07) is 3.76. The van der Waals surface area contributed by atoms with Crippen molar-refractivity contribution in [1.29, 1.82) is 0 Å². The quantitative estimate of drug-likeness (QED) is 0.741. The van der Waals surface area contributed by atoms with Crippen molar-refractivity contribution < 1.29 is 4.74 Å². The molecule has 0 bridgehead atoms. The van der Waals surface area contributed by atoms with Gasteiger partial charge in [0, 0.05) is 4.90 Å². The molecule has 1 aromatic rings. The van der Waals surface area contributed by atoms with Crippen LogP contribution >= 0.6 is 24.2 Å². The molecule has 0 aliphatic carbocycles. The van der Waals surface area contributed by atoms with Crippen molar-refractivity contribution in [3.05, 3.63) is 22.7 Å². The molecule has 13 heavy (non-hydrogen) atoms. The van der Waals surface area contributed by atoms with Crippen LogP contribution in [-0.4, -0.2) is 7.11 Å². The number of thiol groups is 1. The van der Waals surface area contributed by atoms with E-state index in [1.165, 1.54) is 0 Å². The van der Waals surface area contributed by atoms with Crippen molar-refractivity contribution in [2.45, 2.75) is 24.7 Å². The highest BCUT2D eigenvalue weighted by Crippen LogP contribution is 2.33. The Morgan fingerprint density at radius 1 is 1.38 bits per heavy atom. The topological polar surface area (TPSA) is 9.23 Å². The molecular formula is C10H13ClOS. The summed E-state index contributed by atoms with van der Waals surface area (Å²) in [5, 5.41) is 0.608. The van der Waals surface area contributed by atoms with Crippen LogP contribution in [-0.2, 0) is 0 Å². The van der Waals surface area contributed by atoms with E-state index < -0.39 is 0 Å². The molecule has 0 saturated carbocycles. The maximum absolute atomic E-state index is 5.93. The first kappa shape index (κ1) is 10.7. The molecule has 0 unspecified atom stereocenters. The molecule has 72 valence electrons. The zero-order chi connectivity index (χ0) is 10.0. The molecule has 0 heterocycles. The lowest BCUT2D eigenvalue weighted by molar-refractivity contribution is 0.414. The fraction of sp³-hybridized carbons (Fsp3) is 0.400. The Morgan fingerprint density at radius 2 is 2.00 bits per heavy atom. The third-order valence-electron chi connectivity index (χ3n) is 1.92. The van der Waals surface area contributed by atoms with Crippen molar-refractivity contribution in [1.82, 2.24) is 0 Å². The van der Waals surface area contributed by atoms with Crippen LogP contribution < -0.4 is 4.74 Å². The third kappa shape index (κ3) is 2.32. The van der Waals surface area contributed by atoms with Gasteiger partial charge in [0.1, 0.15) is 5.75 Å². The second-order valence-corrected chi connectivity index (χ2v) is 4.09. The average molecular weight is 217 g/mol. The summed E-state index contributed by atoms with van der Waals surface area (Å²) >= 11 is 10.3. The highest BCUT2D eigenvalue weighted by Gasteiger charge is 2.09. The molecule has 0 atom stereocenters. The standard InChI is InChI=1S/C10H13ClOS/c1-6(2)7-4-9(12-3)8(11)5-10(7)13/h4-6,13H,1-3H3. The summed E-state index contributed by atoms with van der Waals surface area (Å²) in [6.45, 7) is 4.23. The molecule has 0 aromatic heterocycles. The first-order valence-electron chi connectivity index (χ1n) is 4.12. The fourth-order valence-corrected chi connectivity index (χ4v) is 1.95. The number of rotatable bonds is 2. The van der Waals surface area contributed by atoms with Crippen molar-refractivity contribution in [2.75, 3.05) is 7.11 Å². The molecule has 0 amide bonds. The SMILES string of the molecule is COc1cc(C(C)C)c(S)cc1Cl. The van der Waals surface area contributed by atoms with Crippen LogP contribution in [0.4, 0.5) is 0 Å². The lowest BCUT2D eigenvalue weighted by atomic mass is 10.0. The number of hydrogen-bond acceptors (Lipinski definition) is 2. The summed E-state index contributed by atoms with van der Waals surface area (Å²) in [5.74, 6) is 1.14. The number of methoxy groups -OCH3 is 1. The van der Waals surface area contributed by atoms with Crippen LogP contribution in [0.25, 0.3) is 0 Å². The molecule has 0 fully saturated rings. The Kier molecular flexibility index (Phi) is 3.51. The maximum atomic E-state index is 5.93. The first-order chi connectivity index (χ1) is 6.06.